The largest absolute Gasteiger partial charge is 0.462 e. The summed E-state index contributed by atoms with van der Waals surface area (Å²) in [6, 6.07) is 0. The molecule has 1 atom stereocenters. The fourth-order valence-corrected chi connectivity index (χ4v) is 10.4. The van der Waals surface area contributed by atoms with Crippen molar-refractivity contribution in [2.24, 2.45) is 0 Å². The van der Waals surface area contributed by atoms with Crippen LogP contribution in [0.1, 0.15) is 374 Å². The molecule has 6 nitrogen and oxygen atoms in total. The average molecular weight is 1090 g/mol. The molecule has 0 saturated carbocycles. The molecule has 78 heavy (non-hydrogen) atoms. The SMILES string of the molecule is CC/C=C\C/C=C\C/C=C\C/C=C\CCCCC(=O)OC(COC(=O)CCCCCCCCCCCCC)COC(=O)CCCCCCCCCCCCCCCCCCCCCCCCCCCCCCCCCCCC. The number of hydrogen-bond donors (Lipinski definition) is 0. The molecule has 0 heterocycles. The molecule has 456 valence electrons. The Kier molecular flexibility index (Phi) is 64.6. The monoisotopic (exact) mass is 1090 g/mol. The van der Waals surface area contributed by atoms with E-state index >= 15 is 0 Å². The van der Waals surface area contributed by atoms with E-state index in [-0.39, 0.29) is 37.5 Å². The molecule has 0 amide bonds. The number of carbonyl (C=O) groups is 3. The van der Waals surface area contributed by atoms with Crippen LogP contribution in [0.2, 0.25) is 0 Å². The molecule has 0 aromatic carbocycles. The van der Waals surface area contributed by atoms with Crippen molar-refractivity contribution < 1.29 is 28.6 Å². The fraction of sp³-hybridized carbons (Fsp3) is 0.847. The summed E-state index contributed by atoms with van der Waals surface area (Å²) in [6.07, 6.45) is 84.6. The number of carbonyl (C=O) groups excluding carboxylic acids is 3. The van der Waals surface area contributed by atoms with Crippen molar-refractivity contribution in [2.45, 2.75) is 380 Å². The molecule has 0 aliphatic rings. The number of hydrogen-bond acceptors (Lipinski definition) is 6. The highest BCUT2D eigenvalue weighted by Gasteiger charge is 2.19. The van der Waals surface area contributed by atoms with E-state index in [4.69, 9.17) is 14.2 Å². The lowest BCUT2D eigenvalue weighted by Gasteiger charge is -2.18. The minimum Gasteiger partial charge on any atom is -0.462 e. The van der Waals surface area contributed by atoms with Gasteiger partial charge in [-0.15, -0.1) is 0 Å². The summed E-state index contributed by atoms with van der Waals surface area (Å²) in [5.74, 6) is -0.908. The lowest BCUT2D eigenvalue weighted by molar-refractivity contribution is -0.167. The standard InChI is InChI=1S/C72H132O6/c1-4-7-10-13-16-19-22-24-26-27-28-29-30-31-32-33-34-35-36-37-38-39-40-41-42-43-44-46-47-50-53-56-59-62-65-71(74)77-68-69(67-76-70(73)64-61-58-55-52-49-21-18-15-12-9-6-3)78-72(75)66-63-60-57-54-51-48-45-25-23-20-17-14-11-8-5-2/h8,11,17,20,25,45,51,54,69H,4-7,9-10,12-16,18-19,21-24,26-44,46-50,52-53,55-68H2,1-3H3/b11-8-,20-17-,45-25-,54-51-. The summed E-state index contributed by atoms with van der Waals surface area (Å²) in [4.78, 5) is 38.2. The van der Waals surface area contributed by atoms with Crippen molar-refractivity contribution in [1.82, 2.24) is 0 Å². The van der Waals surface area contributed by atoms with Gasteiger partial charge < -0.3 is 14.2 Å². The molecular weight excluding hydrogens is 961 g/mol. The zero-order chi connectivity index (χ0) is 56.4. The van der Waals surface area contributed by atoms with Gasteiger partial charge in [0.05, 0.1) is 0 Å². The zero-order valence-electron chi connectivity index (χ0n) is 52.5. The van der Waals surface area contributed by atoms with Gasteiger partial charge in [-0.2, -0.15) is 0 Å². The summed E-state index contributed by atoms with van der Waals surface area (Å²) >= 11 is 0. The second-order valence-electron chi connectivity index (χ2n) is 23.4. The van der Waals surface area contributed by atoms with Crippen LogP contribution in [0.4, 0.5) is 0 Å². The van der Waals surface area contributed by atoms with Crippen LogP contribution in [-0.2, 0) is 28.6 Å². The highest BCUT2D eigenvalue weighted by atomic mass is 16.6. The number of ether oxygens (including phenoxy) is 3. The van der Waals surface area contributed by atoms with Gasteiger partial charge in [0.25, 0.3) is 0 Å². The molecule has 0 saturated heterocycles. The minimum atomic E-state index is -0.792. The summed E-state index contributed by atoms with van der Waals surface area (Å²) in [7, 11) is 0. The van der Waals surface area contributed by atoms with E-state index < -0.39 is 6.10 Å². The first kappa shape index (κ1) is 75.4. The predicted octanol–water partition coefficient (Wildman–Crippen LogP) is 23.7. The van der Waals surface area contributed by atoms with E-state index in [1.54, 1.807) is 0 Å². The quantitative estimate of drug-likeness (QED) is 0.0261. The van der Waals surface area contributed by atoms with E-state index in [9.17, 15) is 14.4 Å². The Morgan fingerprint density at radius 3 is 0.782 bits per heavy atom. The van der Waals surface area contributed by atoms with Gasteiger partial charge in [-0.05, 0) is 57.8 Å². The number of allylic oxidation sites excluding steroid dienone is 8. The van der Waals surface area contributed by atoms with Gasteiger partial charge in [0.2, 0.25) is 0 Å². The Morgan fingerprint density at radius 1 is 0.269 bits per heavy atom. The van der Waals surface area contributed by atoms with Crippen LogP contribution in [-0.4, -0.2) is 37.2 Å². The van der Waals surface area contributed by atoms with E-state index in [1.165, 1.54) is 250 Å². The van der Waals surface area contributed by atoms with Crippen LogP contribution in [0.15, 0.2) is 48.6 Å². The van der Waals surface area contributed by atoms with Crippen LogP contribution >= 0.6 is 0 Å². The molecule has 1 unspecified atom stereocenters. The molecule has 6 heteroatoms. The van der Waals surface area contributed by atoms with Crippen molar-refractivity contribution in [3.8, 4) is 0 Å². The van der Waals surface area contributed by atoms with Gasteiger partial charge in [0, 0.05) is 19.3 Å². The lowest BCUT2D eigenvalue weighted by atomic mass is 10.0. The molecule has 0 fully saturated rings. The molecular formula is C72H132O6. The van der Waals surface area contributed by atoms with Crippen molar-refractivity contribution in [3.63, 3.8) is 0 Å². The Balaban J connectivity index is 4.04. The third kappa shape index (κ3) is 64.2. The highest BCUT2D eigenvalue weighted by Crippen LogP contribution is 2.19. The van der Waals surface area contributed by atoms with E-state index in [1.807, 2.05) is 0 Å². The van der Waals surface area contributed by atoms with Crippen molar-refractivity contribution in [2.75, 3.05) is 13.2 Å². The Morgan fingerprint density at radius 2 is 0.500 bits per heavy atom. The van der Waals surface area contributed by atoms with Crippen LogP contribution in [0.5, 0.6) is 0 Å². The van der Waals surface area contributed by atoms with Crippen molar-refractivity contribution in [3.05, 3.63) is 48.6 Å². The molecule has 0 aliphatic carbocycles. The molecule has 0 aromatic rings. The molecule has 0 aliphatic heterocycles. The van der Waals surface area contributed by atoms with E-state index in [0.29, 0.717) is 19.3 Å². The number of esters is 3. The number of rotatable bonds is 64. The molecule has 0 spiro atoms. The third-order valence-corrected chi connectivity index (χ3v) is 15.6. The number of unbranched alkanes of at least 4 members (excludes halogenated alkanes) is 45. The van der Waals surface area contributed by atoms with Gasteiger partial charge in [0.15, 0.2) is 6.10 Å². The molecule has 0 N–H and O–H groups in total. The second kappa shape index (κ2) is 66.9. The third-order valence-electron chi connectivity index (χ3n) is 15.6. The Labute approximate surface area is 486 Å². The lowest BCUT2D eigenvalue weighted by Crippen LogP contribution is -2.30. The maximum absolute atomic E-state index is 12.8. The zero-order valence-corrected chi connectivity index (χ0v) is 52.5. The maximum atomic E-state index is 12.8. The predicted molar refractivity (Wildman–Crippen MR) is 339 cm³/mol. The van der Waals surface area contributed by atoms with E-state index in [2.05, 4.69) is 69.4 Å². The summed E-state index contributed by atoms with van der Waals surface area (Å²) in [5.41, 5.74) is 0. The first-order valence-electron chi connectivity index (χ1n) is 34.6. The molecule has 0 rings (SSSR count). The van der Waals surface area contributed by atoms with Crippen LogP contribution < -0.4 is 0 Å². The average Bonchev–Trinajstić information content (AvgIpc) is 3.44. The summed E-state index contributed by atoms with van der Waals surface area (Å²) in [6.45, 7) is 6.54. The van der Waals surface area contributed by atoms with Gasteiger partial charge in [-0.3, -0.25) is 14.4 Å². The summed E-state index contributed by atoms with van der Waals surface area (Å²) < 4.78 is 16.9. The topological polar surface area (TPSA) is 78.9 Å². The van der Waals surface area contributed by atoms with E-state index in [0.717, 1.165) is 77.0 Å². The normalized spacial score (nSPS) is 12.3. The molecule has 0 aromatic heterocycles. The van der Waals surface area contributed by atoms with Crippen LogP contribution in [0.3, 0.4) is 0 Å². The maximum Gasteiger partial charge on any atom is 0.306 e. The van der Waals surface area contributed by atoms with Gasteiger partial charge in [-0.25, -0.2) is 0 Å². The Bertz CT molecular complexity index is 1350. The Hall–Kier alpha value is -2.63. The van der Waals surface area contributed by atoms with Crippen LogP contribution in [0.25, 0.3) is 0 Å². The highest BCUT2D eigenvalue weighted by molar-refractivity contribution is 5.71. The first-order chi connectivity index (χ1) is 38.5. The first-order valence-corrected chi connectivity index (χ1v) is 34.6. The molecule has 0 bridgehead atoms. The van der Waals surface area contributed by atoms with Gasteiger partial charge >= 0.3 is 17.9 Å². The van der Waals surface area contributed by atoms with Crippen LogP contribution in [0, 0.1) is 0 Å². The fourth-order valence-electron chi connectivity index (χ4n) is 10.4. The minimum absolute atomic E-state index is 0.0854. The second-order valence-corrected chi connectivity index (χ2v) is 23.4. The molecule has 0 radical (unpaired) electrons. The van der Waals surface area contributed by atoms with Crippen molar-refractivity contribution in [1.29, 1.82) is 0 Å². The van der Waals surface area contributed by atoms with Gasteiger partial charge in [-0.1, -0.05) is 345 Å². The van der Waals surface area contributed by atoms with Gasteiger partial charge in [0.1, 0.15) is 13.2 Å². The smallest absolute Gasteiger partial charge is 0.306 e. The summed E-state index contributed by atoms with van der Waals surface area (Å²) in [5, 5.41) is 0. The van der Waals surface area contributed by atoms with Crippen molar-refractivity contribution >= 4 is 17.9 Å².